The van der Waals surface area contributed by atoms with Gasteiger partial charge < -0.3 is 35.6 Å². The van der Waals surface area contributed by atoms with Crippen LogP contribution in [0.2, 0.25) is 0 Å². The van der Waals surface area contributed by atoms with Gasteiger partial charge in [-0.2, -0.15) is 0 Å². The molecule has 6 unspecified atom stereocenters. The van der Waals surface area contributed by atoms with E-state index in [1.165, 1.54) is 18.2 Å². The van der Waals surface area contributed by atoms with E-state index in [2.05, 4.69) is 51.7 Å². The smallest absolute Gasteiger partial charge is 0.407 e. The van der Waals surface area contributed by atoms with Gasteiger partial charge in [-0.3, -0.25) is 9.59 Å². The van der Waals surface area contributed by atoms with E-state index in [4.69, 9.17) is 30.6 Å². The summed E-state index contributed by atoms with van der Waals surface area (Å²) in [6.45, 7) is 9.08. The zero-order valence-corrected chi connectivity index (χ0v) is 34.5. The van der Waals surface area contributed by atoms with Crippen molar-refractivity contribution in [1.29, 1.82) is 0 Å². The fourth-order valence-corrected chi connectivity index (χ4v) is 10.0. The second kappa shape index (κ2) is 15.5. The van der Waals surface area contributed by atoms with Gasteiger partial charge in [0.05, 0.1) is 59.5 Å². The molecule has 2 aliphatic carbocycles. The highest BCUT2D eigenvalue weighted by atomic mass is 16.5. The van der Waals surface area contributed by atoms with Gasteiger partial charge in [-0.1, -0.05) is 58.0 Å². The highest BCUT2D eigenvalue weighted by Crippen LogP contribution is 2.57. The molecule has 5 aromatic rings. The zero-order valence-electron chi connectivity index (χ0n) is 34.5. The highest BCUT2D eigenvalue weighted by molar-refractivity contribution is 5.87. The lowest BCUT2D eigenvalue weighted by Gasteiger charge is -2.29. The van der Waals surface area contributed by atoms with Crippen LogP contribution in [0.15, 0.2) is 48.7 Å². The third-order valence-corrected chi connectivity index (χ3v) is 13.2. The minimum atomic E-state index is -0.692. The van der Waals surface area contributed by atoms with Crippen LogP contribution in [0.1, 0.15) is 119 Å². The molecular formula is C45H54N10O4. The second-order valence-electron chi connectivity index (χ2n) is 17.6. The monoisotopic (exact) mass is 798 g/mol. The van der Waals surface area contributed by atoms with Crippen molar-refractivity contribution in [2.24, 2.45) is 17.6 Å². The van der Waals surface area contributed by atoms with Gasteiger partial charge in [0.2, 0.25) is 11.8 Å². The van der Waals surface area contributed by atoms with E-state index in [1.54, 1.807) is 0 Å². The van der Waals surface area contributed by atoms with Crippen molar-refractivity contribution in [2.45, 2.75) is 109 Å². The number of hydrogen-bond acceptors (Lipinski definition) is 9. The molecule has 2 bridgehead atoms. The Bertz CT molecular complexity index is 2400. The number of fused-ring (bicyclic) bond motifs is 6. The van der Waals surface area contributed by atoms with Crippen LogP contribution in [-0.2, 0) is 14.3 Å². The molecule has 0 spiro atoms. The van der Waals surface area contributed by atoms with Crippen LogP contribution >= 0.6 is 0 Å². The predicted octanol–water partition coefficient (Wildman–Crippen LogP) is 7.13. The minimum absolute atomic E-state index is 0.0111. The molecule has 4 aliphatic rings. The number of alkyl carbamates (subject to hydrolysis) is 1. The molecule has 14 nitrogen and oxygen atoms in total. The summed E-state index contributed by atoms with van der Waals surface area (Å²) in [5.74, 6) is 2.26. The first-order valence-electron chi connectivity index (χ1n) is 21.3. The van der Waals surface area contributed by atoms with E-state index in [0.717, 1.165) is 101 Å². The van der Waals surface area contributed by atoms with Crippen LogP contribution in [0.4, 0.5) is 4.79 Å². The molecule has 9 rings (SSSR count). The lowest BCUT2D eigenvalue weighted by molar-refractivity contribution is -0.136. The first-order valence-corrected chi connectivity index (χ1v) is 21.3. The summed E-state index contributed by atoms with van der Waals surface area (Å²) >= 11 is 0. The second-order valence-corrected chi connectivity index (χ2v) is 17.6. The quantitative estimate of drug-likeness (QED) is 0.114. The maximum absolute atomic E-state index is 13.7. The van der Waals surface area contributed by atoms with Crippen LogP contribution in [-0.4, -0.2) is 90.1 Å². The van der Waals surface area contributed by atoms with E-state index in [9.17, 15) is 14.4 Å². The van der Waals surface area contributed by atoms with Crippen molar-refractivity contribution in [3.05, 3.63) is 71.4 Å². The Hall–Kier alpha value is -5.63. The number of nitrogens with zero attached hydrogens (tertiary/aromatic N) is 6. The van der Waals surface area contributed by atoms with Crippen LogP contribution in [0.3, 0.4) is 0 Å². The summed E-state index contributed by atoms with van der Waals surface area (Å²) in [5, 5.41) is 12.6. The number of aromatic amines is 2. The summed E-state index contributed by atoms with van der Waals surface area (Å²) in [6.07, 6.45) is 8.08. The average Bonchev–Trinajstić information content (AvgIpc) is 4.11. The van der Waals surface area contributed by atoms with E-state index < -0.39 is 18.2 Å². The Labute approximate surface area is 344 Å². The average molecular weight is 799 g/mol. The fraction of sp³-hybridized carbons (Fsp3) is 0.489. The van der Waals surface area contributed by atoms with Crippen molar-refractivity contribution >= 4 is 28.9 Å². The lowest BCUT2D eigenvalue weighted by atomic mass is 9.86. The number of hydrogen-bond donors (Lipinski definition) is 4. The van der Waals surface area contributed by atoms with Gasteiger partial charge in [0.25, 0.3) is 0 Å². The van der Waals surface area contributed by atoms with E-state index >= 15 is 0 Å². The number of benzene rings is 2. The topological polar surface area (TPSA) is 188 Å². The molecule has 3 aromatic heterocycles. The molecule has 2 aromatic carbocycles. The first-order chi connectivity index (χ1) is 28.5. The third-order valence-electron chi connectivity index (χ3n) is 13.2. The molecule has 6 atom stereocenters. The van der Waals surface area contributed by atoms with Crippen LogP contribution in [0.25, 0.3) is 44.8 Å². The van der Waals surface area contributed by atoms with Gasteiger partial charge in [0.1, 0.15) is 17.7 Å². The Balaban J connectivity index is 0.966. The minimum Gasteiger partial charge on any atom is -0.453 e. The van der Waals surface area contributed by atoms with E-state index in [1.807, 2.05) is 49.8 Å². The number of methoxy groups -OCH3 is 1. The number of ether oxygens (including phenoxy) is 1. The lowest BCUT2D eigenvalue weighted by Crippen LogP contribution is -2.51. The van der Waals surface area contributed by atoms with Gasteiger partial charge in [0, 0.05) is 24.2 Å². The molecule has 5 N–H and O–H groups in total. The fourth-order valence-electron chi connectivity index (χ4n) is 10.0. The standard InChI is InChI=1S/C45H54N10O4/c1-23(2)37(46)43(56)54-18-6-8-33(54)41-47-22-32(50-41)25-10-12-26(13-11-25)39-35-27-14-15-28(20-27)36(35)40(53-52-39)29-16-17-30-31(21-29)49-42(48-30)34-9-7-19-55(34)44(57)38(24(3)4)51-45(58)59-5/h10-13,16-17,21-24,27-28,33-34,37-38H,6-9,14-15,18-20,46H2,1-5H3,(H,47,50)(H,48,49)(H,51,58). The van der Waals surface area contributed by atoms with Crippen molar-refractivity contribution < 1.29 is 19.1 Å². The first kappa shape index (κ1) is 38.9. The van der Waals surface area contributed by atoms with Crippen LogP contribution < -0.4 is 11.1 Å². The molecular weight excluding hydrogens is 745 g/mol. The van der Waals surface area contributed by atoms with Crippen molar-refractivity contribution in [3.63, 3.8) is 0 Å². The number of amides is 3. The van der Waals surface area contributed by atoms with Gasteiger partial charge in [-0.05, 0) is 97.4 Å². The SMILES string of the molecule is COC(=O)NC(C(=O)N1CCCC1c1nc2ccc(-c3nnc(-c4ccc(-c5cnc(C6CCCN6C(=O)C(N)C(C)C)[nH]5)cc4)c4c3C3CCC4C3)cc2[nH]1)C(C)C. The van der Waals surface area contributed by atoms with Crippen LogP contribution in [0.5, 0.6) is 0 Å². The van der Waals surface area contributed by atoms with Crippen molar-refractivity contribution in [1.82, 2.24) is 45.2 Å². The number of rotatable bonds is 10. The van der Waals surface area contributed by atoms with Crippen molar-refractivity contribution in [2.75, 3.05) is 20.2 Å². The van der Waals surface area contributed by atoms with E-state index in [-0.39, 0.29) is 35.7 Å². The Morgan fingerprint density at radius 2 is 1.39 bits per heavy atom. The number of likely N-dealkylation sites (tertiary alicyclic amines) is 2. The van der Waals surface area contributed by atoms with Gasteiger partial charge in [-0.25, -0.2) is 14.8 Å². The number of aromatic nitrogens is 6. The molecule has 0 radical (unpaired) electrons. The Morgan fingerprint density at radius 1 is 0.780 bits per heavy atom. The number of carbonyl (C=O) groups is 3. The number of nitrogens with one attached hydrogen (secondary N) is 3. The Morgan fingerprint density at radius 3 is 2.03 bits per heavy atom. The van der Waals surface area contributed by atoms with Gasteiger partial charge in [0.15, 0.2) is 0 Å². The summed E-state index contributed by atoms with van der Waals surface area (Å²) < 4.78 is 4.80. The normalized spacial score (nSPS) is 22.1. The van der Waals surface area contributed by atoms with Crippen LogP contribution in [0, 0.1) is 11.8 Å². The summed E-state index contributed by atoms with van der Waals surface area (Å²) in [6, 6.07) is 13.2. The zero-order chi connectivity index (χ0) is 41.1. The molecule has 2 saturated heterocycles. The maximum atomic E-state index is 13.7. The molecule has 59 heavy (non-hydrogen) atoms. The number of H-pyrrole nitrogens is 2. The number of imidazole rings is 2. The molecule has 5 heterocycles. The molecule has 3 fully saturated rings. The van der Waals surface area contributed by atoms with E-state index in [0.29, 0.717) is 24.9 Å². The highest BCUT2D eigenvalue weighted by Gasteiger charge is 2.42. The number of nitrogens with two attached hydrogens (primary N) is 1. The number of carbonyl (C=O) groups excluding carboxylic acids is 3. The molecule has 14 heteroatoms. The summed E-state index contributed by atoms with van der Waals surface area (Å²) in [4.78, 5) is 59.4. The summed E-state index contributed by atoms with van der Waals surface area (Å²) in [5.41, 5.74) is 16.4. The largest absolute Gasteiger partial charge is 0.453 e. The molecule has 1 saturated carbocycles. The van der Waals surface area contributed by atoms with Gasteiger partial charge in [-0.15, -0.1) is 10.2 Å². The molecule has 3 amide bonds. The molecule has 2 aliphatic heterocycles. The predicted molar refractivity (Wildman–Crippen MR) is 224 cm³/mol. The Kier molecular flexibility index (Phi) is 10.2. The third kappa shape index (κ3) is 6.94. The molecule has 308 valence electrons. The van der Waals surface area contributed by atoms with Crippen molar-refractivity contribution in [3.8, 4) is 33.8 Å². The van der Waals surface area contributed by atoms with Gasteiger partial charge >= 0.3 is 6.09 Å². The maximum Gasteiger partial charge on any atom is 0.407 e. The summed E-state index contributed by atoms with van der Waals surface area (Å²) in [7, 11) is 1.30.